The molecule has 0 saturated heterocycles. The zero-order valence-corrected chi connectivity index (χ0v) is 3.88. The van der Waals surface area contributed by atoms with Crippen molar-refractivity contribution in [1.82, 2.24) is 0 Å². The van der Waals surface area contributed by atoms with Gasteiger partial charge in [0, 0.05) is 0 Å². The molecule has 0 aliphatic rings. The predicted molar refractivity (Wildman–Crippen MR) is 17.1 cm³/mol. The molecule has 0 spiro atoms. The third kappa shape index (κ3) is 1710. The van der Waals surface area contributed by atoms with Crippen molar-refractivity contribution in [3.05, 3.63) is 0 Å². The highest BCUT2D eigenvalue weighted by atomic mass is 19.7. The van der Waals surface area contributed by atoms with Crippen LogP contribution in [-0.2, 0) is 0 Å². The summed E-state index contributed by atoms with van der Waals surface area (Å²) >= 11 is 0. The van der Waals surface area contributed by atoms with Crippen LogP contribution in [0.2, 0.25) is 0 Å². The second-order valence-corrected chi connectivity index (χ2v) is 0.730. The molecule has 0 fully saturated rings. The Morgan fingerprint density at radius 3 is 0.889 bits per heavy atom. The Morgan fingerprint density at radius 2 is 0.889 bits per heavy atom. The Labute approximate surface area is 47.1 Å². The van der Waals surface area contributed by atoms with Crippen molar-refractivity contribution >= 4 is 7.32 Å². The van der Waals surface area contributed by atoms with Crippen LogP contribution in [-0.4, -0.2) is 27.8 Å². The Morgan fingerprint density at radius 1 is 0.889 bits per heavy atom. The van der Waals surface area contributed by atoms with Crippen molar-refractivity contribution in [2.75, 3.05) is 0 Å². The molecule has 56 valence electrons. The van der Waals surface area contributed by atoms with Crippen molar-refractivity contribution < 1.29 is 38.4 Å². The van der Waals surface area contributed by atoms with Gasteiger partial charge < -0.3 is 15.1 Å². The van der Waals surface area contributed by atoms with Crippen molar-refractivity contribution in [1.29, 1.82) is 0 Å². The van der Waals surface area contributed by atoms with Crippen molar-refractivity contribution in [2.24, 2.45) is 0 Å². The SMILES string of the molecule is F[N+](F)(F)F.OB(O)O. The lowest BCUT2D eigenvalue weighted by atomic mass is 10.3. The van der Waals surface area contributed by atoms with E-state index in [1.165, 1.54) is 0 Å². The van der Waals surface area contributed by atoms with Crippen LogP contribution < -0.4 is 0 Å². The van der Waals surface area contributed by atoms with Gasteiger partial charge in [0.25, 0.3) is 0 Å². The molecule has 0 aromatic heterocycles. The second-order valence-electron chi connectivity index (χ2n) is 0.730. The molecule has 0 rings (SSSR count). The van der Waals surface area contributed by atoms with E-state index in [9.17, 15) is 17.9 Å². The maximum absolute atomic E-state index is 9.62. The highest BCUT2D eigenvalue weighted by Crippen LogP contribution is 2.08. The van der Waals surface area contributed by atoms with Gasteiger partial charge in [0.15, 0.2) is 0 Å². The lowest BCUT2D eigenvalue weighted by Crippen LogP contribution is -2.07. The van der Waals surface area contributed by atoms with E-state index in [0.29, 0.717) is 0 Å². The van der Waals surface area contributed by atoms with Crippen LogP contribution in [0.4, 0.5) is 17.9 Å². The van der Waals surface area contributed by atoms with Crippen LogP contribution in [0, 0.1) is 0 Å². The molecular formula is H3BF4NO3+. The summed E-state index contributed by atoms with van der Waals surface area (Å²) in [5.41, 5.74) is 0. The summed E-state index contributed by atoms with van der Waals surface area (Å²) in [6, 6.07) is 0. The minimum atomic E-state index is -5.00. The normalized spacial score (nSPS) is 9.67. The van der Waals surface area contributed by atoms with Gasteiger partial charge in [0.2, 0.25) is 0 Å². The first-order valence-corrected chi connectivity index (χ1v) is 1.45. The van der Waals surface area contributed by atoms with E-state index in [4.69, 9.17) is 15.1 Å². The highest BCUT2D eigenvalue weighted by Gasteiger charge is 2.30. The Kier molecular flexibility index (Phi) is 5.71. The van der Waals surface area contributed by atoms with Gasteiger partial charge in [0.1, 0.15) is 17.9 Å². The first kappa shape index (κ1) is 11.4. The molecule has 4 nitrogen and oxygen atoms in total. The minimum absolute atomic E-state index is 2.17. The molecule has 9 heavy (non-hydrogen) atoms. The van der Waals surface area contributed by atoms with Gasteiger partial charge in [-0.25, -0.2) is 0 Å². The zero-order chi connectivity index (χ0) is 8.08. The maximum Gasteiger partial charge on any atom is 0.631 e. The predicted octanol–water partition coefficient (Wildman–Crippen LogP) is -0.711. The summed E-state index contributed by atoms with van der Waals surface area (Å²) in [7, 11) is -2.17. The summed E-state index contributed by atoms with van der Waals surface area (Å²) in [6.45, 7) is 0. The van der Waals surface area contributed by atoms with Gasteiger partial charge in [0.05, 0.1) is 0 Å². The first-order chi connectivity index (χ1) is 3.73. The van der Waals surface area contributed by atoms with E-state index in [1.54, 1.807) is 0 Å². The van der Waals surface area contributed by atoms with Crippen LogP contribution >= 0.6 is 0 Å². The summed E-state index contributed by atoms with van der Waals surface area (Å²) < 4.78 is 38.5. The summed E-state index contributed by atoms with van der Waals surface area (Å²) in [6.07, 6.45) is 0. The molecule has 0 saturated carbocycles. The molecule has 0 atom stereocenters. The van der Waals surface area contributed by atoms with Crippen LogP contribution in [0.1, 0.15) is 0 Å². The quantitative estimate of drug-likeness (QED) is 0.244. The second kappa shape index (κ2) is 4.50. The molecule has 0 aromatic rings. The average molecular weight is 152 g/mol. The van der Waals surface area contributed by atoms with E-state index in [-0.39, 0.29) is 0 Å². The van der Waals surface area contributed by atoms with Crippen molar-refractivity contribution in [3.8, 4) is 0 Å². The molecular weight excluding hydrogens is 149 g/mol. The first-order valence-electron chi connectivity index (χ1n) is 1.45. The van der Waals surface area contributed by atoms with Crippen molar-refractivity contribution in [2.45, 2.75) is 0 Å². The largest absolute Gasteiger partial charge is 0.631 e. The van der Waals surface area contributed by atoms with E-state index in [0.717, 1.165) is 0 Å². The Balaban J connectivity index is 0. The molecule has 0 aliphatic heterocycles. The van der Waals surface area contributed by atoms with Gasteiger partial charge in [-0.15, -0.1) is 0 Å². The fourth-order valence-corrected chi connectivity index (χ4v) is 0. The lowest BCUT2D eigenvalue weighted by Gasteiger charge is -1.71. The molecule has 0 aromatic carbocycles. The zero-order valence-electron chi connectivity index (χ0n) is 3.88. The van der Waals surface area contributed by atoms with Gasteiger partial charge in [-0.1, -0.05) is 0 Å². The highest BCUT2D eigenvalue weighted by molar-refractivity contribution is 6.30. The topological polar surface area (TPSA) is 60.7 Å². The molecule has 0 bridgehead atoms. The number of nitrogens with zero attached hydrogens (tertiary/aromatic N) is 1. The standard InChI is InChI=1S/BH3O3.F4N/c2-1(3)4;1-5(2,3)4/h2-4H;/q;+1. The molecule has 0 unspecified atom stereocenters. The number of hydrogen-bond donors (Lipinski definition) is 3. The summed E-state index contributed by atoms with van der Waals surface area (Å²) in [5.74, 6) is 0. The molecule has 0 radical (unpaired) electrons. The fourth-order valence-electron chi connectivity index (χ4n) is 0. The van der Waals surface area contributed by atoms with Gasteiger partial charge in [-0.05, 0) is 0 Å². The molecule has 0 amide bonds. The van der Waals surface area contributed by atoms with Crippen LogP contribution in [0.15, 0.2) is 0 Å². The Bertz CT molecular complexity index is 52.6. The Hall–Kier alpha value is -0.375. The van der Waals surface area contributed by atoms with Gasteiger partial charge in [-0.2, -0.15) is 0 Å². The summed E-state index contributed by atoms with van der Waals surface area (Å²) in [4.78, 5) is 0. The van der Waals surface area contributed by atoms with E-state index in [2.05, 4.69) is 0 Å². The van der Waals surface area contributed by atoms with Crippen molar-refractivity contribution in [3.63, 3.8) is 0 Å². The van der Waals surface area contributed by atoms with E-state index < -0.39 is 12.7 Å². The van der Waals surface area contributed by atoms with Crippen LogP contribution in [0.25, 0.3) is 0 Å². The molecule has 9 heteroatoms. The third-order valence-corrected chi connectivity index (χ3v) is 0. The van der Waals surface area contributed by atoms with Crippen LogP contribution in [0.3, 0.4) is 0 Å². The number of quaternary nitrogens is 1. The van der Waals surface area contributed by atoms with E-state index >= 15 is 0 Å². The average Bonchev–Trinajstić information content (AvgIpc) is 1.19. The smallest absolute Gasteiger partial charge is 0.402 e. The monoisotopic (exact) mass is 152 g/mol. The maximum atomic E-state index is 9.62. The third-order valence-electron chi connectivity index (χ3n) is 0. The fraction of sp³-hybridized carbons (Fsp3) is 0. The minimum Gasteiger partial charge on any atom is -0.402 e. The summed E-state index contributed by atoms with van der Waals surface area (Å²) in [5, 5.41) is 16.5. The van der Waals surface area contributed by atoms with Gasteiger partial charge >= 0.3 is 12.7 Å². The van der Waals surface area contributed by atoms with Crippen LogP contribution in [0.5, 0.6) is 0 Å². The lowest BCUT2D eigenvalue weighted by molar-refractivity contribution is -1.36. The number of halogens is 4. The molecule has 3 N–H and O–H groups in total. The van der Waals surface area contributed by atoms with Gasteiger partial charge in [-0.3, -0.25) is 0 Å². The molecule has 0 heterocycles. The van der Waals surface area contributed by atoms with E-state index in [1.807, 2.05) is 0 Å². The number of rotatable bonds is 0. The molecule has 0 aliphatic carbocycles. The number of hydrogen-bond acceptors (Lipinski definition) is 3.